The van der Waals surface area contributed by atoms with Crippen molar-refractivity contribution in [2.45, 2.75) is 19.4 Å². The van der Waals surface area contributed by atoms with Gasteiger partial charge in [0.1, 0.15) is 18.2 Å². The quantitative estimate of drug-likeness (QED) is 0.584. The second kappa shape index (κ2) is 7.01. The molecular formula is C22H20N6O. The molecule has 1 saturated heterocycles. The lowest BCUT2D eigenvalue weighted by Crippen LogP contribution is -2.33. The lowest BCUT2D eigenvalue weighted by molar-refractivity contribution is -0.117. The molecule has 7 nitrogen and oxygen atoms in total. The number of nitrogens with zero attached hydrogens (tertiary/aromatic N) is 5. The van der Waals surface area contributed by atoms with Crippen LogP contribution >= 0.6 is 0 Å². The van der Waals surface area contributed by atoms with Crippen LogP contribution in [0.2, 0.25) is 0 Å². The smallest absolute Gasteiger partial charge is 0.249 e. The summed E-state index contributed by atoms with van der Waals surface area (Å²) in [6, 6.07) is 17.5. The zero-order valence-electron chi connectivity index (χ0n) is 16.0. The molecule has 0 radical (unpaired) electrons. The Hall–Kier alpha value is -3.74. The van der Waals surface area contributed by atoms with E-state index in [1.165, 1.54) is 11.9 Å². The molecule has 1 aliphatic heterocycles. The molecule has 0 aliphatic carbocycles. The molecule has 0 spiro atoms. The first-order chi connectivity index (χ1) is 14.2. The van der Waals surface area contributed by atoms with Gasteiger partial charge in [-0.3, -0.25) is 4.79 Å². The van der Waals surface area contributed by atoms with Gasteiger partial charge in [-0.25, -0.2) is 14.6 Å². The Kier molecular flexibility index (Phi) is 4.20. The maximum absolute atomic E-state index is 13.0. The highest BCUT2D eigenvalue weighted by atomic mass is 16.2. The third-order valence-electron chi connectivity index (χ3n) is 5.23. The number of rotatable bonds is 4. The Balaban J connectivity index is 1.42. The molecule has 1 N–H and O–H groups in total. The van der Waals surface area contributed by atoms with E-state index in [4.69, 9.17) is 0 Å². The van der Waals surface area contributed by atoms with Gasteiger partial charge in [-0.05, 0) is 37.6 Å². The molecule has 2 aromatic heterocycles. The first kappa shape index (κ1) is 17.4. The number of carbonyl (C=O) groups is 1. The van der Waals surface area contributed by atoms with Gasteiger partial charge in [0.15, 0.2) is 5.65 Å². The summed E-state index contributed by atoms with van der Waals surface area (Å²) in [4.78, 5) is 23.6. The second-order valence-corrected chi connectivity index (χ2v) is 7.16. The number of para-hydroxylation sites is 1. The number of hydrogen-bond donors (Lipinski definition) is 1. The van der Waals surface area contributed by atoms with Gasteiger partial charge in [0, 0.05) is 12.2 Å². The van der Waals surface area contributed by atoms with Crippen molar-refractivity contribution >= 4 is 28.4 Å². The highest BCUT2D eigenvalue weighted by Crippen LogP contribution is 2.26. The molecule has 1 unspecified atom stereocenters. The largest absolute Gasteiger partial charge is 0.358 e. The number of fused-ring (bicyclic) bond motifs is 1. The molecule has 1 amide bonds. The maximum Gasteiger partial charge on any atom is 0.249 e. The average Bonchev–Trinajstić information content (AvgIpc) is 3.34. The summed E-state index contributed by atoms with van der Waals surface area (Å²) in [5, 5.41) is 8.57. The highest BCUT2D eigenvalue weighted by Gasteiger charge is 2.33. The lowest BCUT2D eigenvalue weighted by Gasteiger charge is -2.17. The van der Waals surface area contributed by atoms with Crippen LogP contribution < -0.4 is 10.2 Å². The SMILES string of the molecule is Cc1ccc(N2CCC(Nc3ncnc4c3cnn4-c3ccccc3)C2=O)cc1. The van der Waals surface area contributed by atoms with Crippen LogP contribution in [0.15, 0.2) is 67.1 Å². The number of benzene rings is 2. The summed E-state index contributed by atoms with van der Waals surface area (Å²) in [5.41, 5.74) is 3.73. The number of nitrogens with one attached hydrogen (secondary N) is 1. The van der Waals surface area contributed by atoms with Gasteiger partial charge in [-0.1, -0.05) is 35.9 Å². The van der Waals surface area contributed by atoms with Crippen molar-refractivity contribution in [3.8, 4) is 5.69 Å². The van der Waals surface area contributed by atoms with Gasteiger partial charge in [0.05, 0.1) is 17.3 Å². The van der Waals surface area contributed by atoms with Crippen LogP contribution in [0.25, 0.3) is 16.7 Å². The minimum Gasteiger partial charge on any atom is -0.358 e. The Labute approximate surface area is 168 Å². The fourth-order valence-electron chi connectivity index (χ4n) is 3.68. The first-order valence-electron chi connectivity index (χ1n) is 9.59. The molecule has 1 fully saturated rings. The Morgan fingerprint density at radius 1 is 1.00 bits per heavy atom. The summed E-state index contributed by atoms with van der Waals surface area (Å²) in [6.45, 7) is 2.72. The lowest BCUT2D eigenvalue weighted by atomic mass is 10.2. The Bertz CT molecular complexity index is 1170. The monoisotopic (exact) mass is 384 g/mol. The third kappa shape index (κ3) is 3.10. The van der Waals surface area contributed by atoms with Crippen LogP contribution in [0, 0.1) is 6.92 Å². The van der Waals surface area contributed by atoms with E-state index in [9.17, 15) is 4.79 Å². The summed E-state index contributed by atoms with van der Waals surface area (Å²) in [6.07, 6.45) is 3.95. The third-order valence-corrected chi connectivity index (χ3v) is 5.23. The van der Waals surface area contributed by atoms with Crippen molar-refractivity contribution in [1.82, 2.24) is 19.7 Å². The van der Waals surface area contributed by atoms with Crippen LogP contribution in [-0.2, 0) is 4.79 Å². The maximum atomic E-state index is 13.0. The zero-order valence-corrected chi connectivity index (χ0v) is 16.0. The van der Waals surface area contributed by atoms with Crippen molar-refractivity contribution in [2.75, 3.05) is 16.8 Å². The van der Waals surface area contributed by atoms with Gasteiger partial charge in [0.25, 0.3) is 0 Å². The zero-order chi connectivity index (χ0) is 19.8. The van der Waals surface area contributed by atoms with E-state index >= 15 is 0 Å². The molecule has 4 aromatic rings. The summed E-state index contributed by atoms with van der Waals surface area (Å²) in [5.74, 6) is 0.678. The van der Waals surface area contributed by atoms with E-state index in [0.29, 0.717) is 24.4 Å². The number of anilines is 2. The average molecular weight is 384 g/mol. The Morgan fingerprint density at radius 2 is 1.79 bits per heavy atom. The first-order valence-corrected chi connectivity index (χ1v) is 9.59. The molecule has 2 aromatic carbocycles. The van der Waals surface area contributed by atoms with Crippen LogP contribution in [0.3, 0.4) is 0 Å². The number of amides is 1. The fourth-order valence-corrected chi connectivity index (χ4v) is 3.68. The summed E-state index contributed by atoms with van der Waals surface area (Å²) < 4.78 is 1.78. The van der Waals surface area contributed by atoms with Crippen LogP contribution in [0.5, 0.6) is 0 Å². The second-order valence-electron chi connectivity index (χ2n) is 7.16. The molecular weight excluding hydrogens is 364 g/mol. The van der Waals surface area contributed by atoms with Gasteiger partial charge < -0.3 is 10.2 Å². The molecule has 5 rings (SSSR count). The van der Waals surface area contributed by atoms with Crippen molar-refractivity contribution in [3.63, 3.8) is 0 Å². The van der Waals surface area contributed by atoms with E-state index in [1.807, 2.05) is 66.4 Å². The minimum absolute atomic E-state index is 0.0519. The molecule has 7 heteroatoms. The Morgan fingerprint density at radius 3 is 2.59 bits per heavy atom. The fraction of sp³-hybridized carbons (Fsp3) is 0.182. The molecule has 144 valence electrons. The normalized spacial score (nSPS) is 16.5. The van der Waals surface area contributed by atoms with E-state index in [0.717, 1.165) is 16.8 Å². The highest BCUT2D eigenvalue weighted by molar-refractivity contribution is 6.02. The van der Waals surface area contributed by atoms with Crippen LogP contribution in [0.4, 0.5) is 11.5 Å². The predicted molar refractivity (Wildman–Crippen MR) is 112 cm³/mol. The van der Waals surface area contributed by atoms with E-state index in [2.05, 4.69) is 20.4 Å². The number of aromatic nitrogens is 4. The molecule has 1 atom stereocenters. The van der Waals surface area contributed by atoms with Crippen molar-refractivity contribution in [2.24, 2.45) is 0 Å². The molecule has 0 saturated carbocycles. The van der Waals surface area contributed by atoms with E-state index < -0.39 is 0 Å². The van der Waals surface area contributed by atoms with Crippen molar-refractivity contribution < 1.29 is 4.79 Å². The van der Waals surface area contributed by atoms with Gasteiger partial charge in [0.2, 0.25) is 5.91 Å². The molecule has 0 bridgehead atoms. The van der Waals surface area contributed by atoms with Crippen molar-refractivity contribution in [3.05, 3.63) is 72.7 Å². The van der Waals surface area contributed by atoms with Crippen LogP contribution in [-0.4, -0.2) is 38.2 Å². The summed E-state index contributed by atoms with van der Waals surface area (Å²) in [7, 11) is 0. The van der Waals surface area contributed by atoms with Gasteiger partial charge in [-0.15, -0.1) is 0 Å². The minimum atomic E-state index is -0.325. The van der Waals surface area contributed by atoms with Crippen molar-refractivity contribution in [1.29, 1.82) is 0 Å². The number of aryl methyl sites for hydroxylation is 1. The number of hydrogen-bond acceptors (Lipinski definition) is 5. The van der Waals surface area contributed by atoms with E-state index in [-0.39, 0.29) is 11.9 Å². The standard InChI is InChI=1S/C22H20N6O/c1-15-7-9-16(10-8-15)27-12-11-19(22(27)29)26-20-18-13-25-28(21(18)24-14-23-20)17-5-3-2-4-6-17/h2-10,13-14,19H,11-12H2,1H3,(H,23,24,26). The van der Waals surface area contributed by atoms with Crippen LogP contribution in [0.1, 0.15) is 12.0 Å². The topological polar surface area (TPSA) is 75.9 Å². The molecule has 1 aliphatic rings. The predicted octanol–water partition coefficient (Wildman–Crippen LogP) is 3.34. The van der Waals surface area contributed by atoms with E-state index in [1.54, 1.807) is 10.9 Å². The summed E-state index contributed by atoms with van der Waals surface area (Å²) >= 11 is 0. The van der Waals surface area contributed by atoms with Gasteiger partial charge in [-0.2, -0.15) is 5.10 Å². The number of carbonyl (C=O) groups excluding carboxylic acids is 1. The van der Waals surface area contributed by atoms with Gasteiger partial charge >= 0.3 is 0 Å². The molecule has 3 heterocycles. The molecule has 29 heavy (non-hydrogen) atoms.